The van der Waals surface area contributed by atoms with Gasteiger partial charge in [0.05, 0.1) is 17.1 Å². The SMILES string of the molecule is CCN(CC)c1ccc(/C=N/n2c(C)nc3ccccc3c2=O)cc1. The Balaban J connectivity index is 1.92. The maximum atomic E-state index is 12.6. The molecule has 3 aromatic rings. The predicted molar refractivity (Wildman–Crippen MR) is 104 cm³/mol. The third-order valence-corrected chi connectivity index (χ3v) is 4.26. The fourth-order valence-corrected chi connectivity index (χ4v) is 2.86. The topological polar surface area (TPSA) is 50.5 Å². The van der Waals surface area contributed by atoms with Crippen LogP contribution in [0.3, 0.4) is 0 Å². The zero-order valence-electron chi connectivity index (χ0n) is 14.8. The Morgan fingerprint density at radius 2 is 1.76 bits per heavy atom. The Kier molecular flexibility index (Phi) is 4.93. The van der Waals surface area contributed by atoms with E-state index in [2.05, 4.69) is 41.0 Å². The second-order valence-corrected chi connectivity index (χ2v) is 5.80. The van der Waals surface area contributed by atoms with Crippen LogP contribution in [0, 0.1) is 6.92 Å². The van der Waals surface area contributed by atoms with Crippen LogP contribution in [-0.4, -0.2) is 29.0 Å². The molecule has 0 unspecified atom stereocenters. The molecule has 0 atom stereocenters. The van der Waals surface area contributed by atoms with Crippen molar-refractivity contribution in [3.63, 3.8) is 0 Å². The number of rotatable bonds is 5. The molecule has 0 saturated carbocycles. The quantitative estimate of drug-likeness (QED) is 0.672. The summed E-state index contributed by atoms with van der Waals surface area (Å²) in [4.78, 5) is 19.3. The number of nitrogens with zero attached hydrogens (tertiary/aromatic N) is 4. The van der Waals surface area contributed by atoms with E-state index in [1.807, 2.05) is 30.3 Å². The smallest absolute Gasteiger partial charge is 0.282 e. The lowest BCUT2D eigenvalue weighted by Gasteiger charge is -2.20. The van der Waals surface area contributed by atoms with Gasteiger partial charge in [-0.15, -0.1) is 0 Å². The molecule has 0 radical (unpaired) electrons. The van der Waals surface area contributed by atoms with E-state index in [0.717, 1.165) is 18.7 Å². The monoisotopic (exact) mass is 334 g/mol. The van der Waals surface area contributed by atoms with Gasteiger partial charge in [0.15, 0.2) is 0 Å². The molecule has 1 heterocycles. The number of hydrogen-bond acceptors (Lipinski definition) is 4. The molecule has 0 N–H and O–H groups in total. The summed E-state index contributed by atoms with van der Waals surface area (Å²) in [5.41, 5.74) is 2.66. The van der Waals surface area contributed by atoms with Crippen LogP contribution in [0.15, 0.2) is 58.4 Å². The summed E-state index contributed by atoms with van der Waals surface area (Å²) < 4.78 is 1.35. The van der Waals surface area contributed by atoms with E-state index in [0.29, 0.717) is 16.7 Å². The third-order valence-electron chi connectivity index (χ3n) is 4.26. The Hall–Kier alpha value is -2.95. The van der Waals surface area contributed by atoms with Crippen LogP contribution in [0.25, 0.3) is 10.9 Å². The van der Waals surface area contributed by atoms with Gasteiger partial charge in [0.2, 0.25) is 0 Å². The maximum absolute atomic E-state index is 12.6. The molecular formula is C20H22N4O. The van der Waals surface area contributed by atoms with Crippen LogP contribution in [-0.2, 0) is 0 Å². The van der Waals surface area contributed by atoms with Crippen molar-refractivity contribution in [2.45, 2.75) is 20.8 Å². The summed E-state index contributed by atoms with van der Waals surface area (Å²) in [6.45, 7) is 8.01. The van der Waals surface area contributed by atoms with Gasteiger partial charge in [0, 0.05) is 18.8 Å². The van der Waals surface area contributed by atoms with Crippen molar-refractivity contribution >= 4 is 22.8 Å². The molecule has 0 bridgehead atoms. The first-order chi connectivity index (χ1) is 12.1. The lowest BCUT2D eigenvalue weighted by molar-refractivity contribution is 0.771. The minimum atomic E-state index is -0.154. The van der Waals surface area contributed by atoms with Crippen LogP contribution in [0.5, 0.6) is 0 Å². The largest absolute Gasteiger partial charge is 0.372 e. The molecule has 0 aliphatic carbocycles. The molecule has 0 saturated heterocycles. The molecule has 0 spiro atoms. The number of aryl methyl sites for hydroxylation is 1. The highest BCUT2D eigenvalue weighted by molar-refractivity contribution is 5.81. The van der Waals surface area contributed by atoms with E-state index in [1.165, 1.54) is 10.4 Å². The van der Waals surface area contributed by atoms with E-state index < -0.39 is 0 Å². The van der Waals surface area contributed by atoms with E-state index in [4.69, 9.17) is 0 Å². The van der Waals surface area contributed by atoms with Gasteiger partial charge in [-0.05, 0) is 50.6 Å². The van der Waals surface area contributed by atoms with Crippen molar-refractivity contribution in [1.82, 2.24) is 9.66 Å². The lowest BCUT2D eigenvalue weighted by Crippen LogP contribution is -2.21. The van der Waals surface area contributed by atoms with E-state index >= 15 is 0 Å². The first kappa shape index (κ1) is 16.9. The van der Waals surface area contributed by atoms with Gasteiger partial charge in [-0.2, -0.15) is 9.78 Å². The van der Waals surface area contributed by atoms with Crippen molar-refractivity contribution in [3.8, 4) is 0 Å². The Labute approximate surface area is 147 Å². The van der Waals surface area contributed by atoms with Gasteiger partial charge in [-0.25, -0.2) is 4.98 Å². The Morgan fingerprint density at radius 1 is 1.08 bits per heavy atom. The van der Waals surface area contributed by atoms with E-state index in [-0.39, 0.29) is 5.56 Å². The van der Waals surface area contributed by atoms with E-state index in [1.54, 1.807) is 19.2 Å². The Morgan fingerprint density at radius 3 is 2.44 bits per heavy atom. The van der Waals surface area contributed by atoms with Gasteiger partial charge in [0.1, 0.15) is 5.82 Å². The number of anilines is 1. The summed E-state index contributed by atoms with van der Waals surface area (Å²) in [6, 6.07) is 15.5. The average molecular weight is 334 g/mol. The minimum absolute atomic E-state index is 0.154. The molecule has 5 heteroatoms. The van der Waals surface area contributed by atoms with Crippen LogP contribution < -0.4 is 10.5 Å². The molecule has 0 fully saturated rings. The zero-order chi connectivity index (χ0) is 17.8. The maximum Gasteiger partial charge on any atom is 0.282 e. The summed E-state index contributed by atoms with van der Waals surface area (Å²) in [6.07, 6.45) is 1.69. The van der Waals surface area contributed by atoms with Gasteiger partial charge in [-0.1, -0.05) is 24.3 Å². The molecular weight excluding hydrogens is 312 g/mol. The number of para-hydroxylation sites is 1. The van der Waals surface area contributed by atoms with Gasteiger partial charge < -0.3 is 4.90 Å². The summed E-state index contributed by atoms with van der Waals surface area (Å²) in [7, 11) is 0. The minimum Gasteiger partial charge on any atom is -0.372 e. The number of aromatic nitrogens is 2. The zero-order valence-corrected chi connectivity index (χ0v) is 14.8. The molecule has 2 aromatic carbocycles. The highest BCUT2D eigenvalue weighted by Crippen LogP contribution is 2.14. The molecule has 5 nitrogen and oxygen atoms in total. The number of benzene rings is 2. The van der Waals surface area contributed by atoms with Gasteiger partial charge in [0.25, 0.3) is 5.56 Å². The molecule has 1 aromatic heterocycles. The average Bonchev–Trinajstić information content (AvgIpc) is 2.64. The number of hydrogen-bond donors (Lipinski definition) is 0. The van der Waals surface area contributed by atoms with Crippen molar-refractivity contribution in [1.29, 1.82) is 0 Å². The molecule has 128 valence electrons. The van der Waals surface area contributed by atoms with Crippen molar-refractivity contribution in [2.75, 3.05) is 18.0 Å². The van der Waals surface area contributed by atoms with E-state index in [9.17, 15) is 4.79 Å². The van der Waals surface area contributed by atoms with Crippen molar-refractivity contribution in [3.05, 3.63) is 70.3 Å². The molecule has 0 aliphatic rings. The second-order valence-electron chi connectivity index (χ2n) is 5.80. The fourth-order valence-electron chi connectivity index (χ4n) is 2.86. The Bertz CT molecular complexity index is 954. The highest BCUT2D eigenvalue weighted by atomic mass is 16.1. The standard InChI is InChI=1S/C20H22N4O/c1-4-23(5-2)17-12-10-16(11-13-17)14-21-24-15(3)22-19-9-7-6-8-18(19)20(24)25/h6-14H,4-5H2,1-3H3/b21-14+. The molecule has 3 rings (SSSR count). The molecule has 0 amide bonds. The van der Waals surface area contributed by atoms with Crippen molar-refractivity contribution < 1.29 is 0 Å². The van der Waals surface area contributed by atoms with Crippen LogP contribution in [0.4, 0.5) is 5.69 Å². The van der Waals surface area contributed by atoms with Gasteiger partial charge >= 0.3 is 0 Å². The third kappa shape index (κ3) is 3.45. The summed E-state index contributed by atoms with van der Waals surface area (Å²) >= 11 is 0. The molecule has 0 aliphatic heterocycles. The fraction of sp³-hybridized carbons (Fsp3) is 0.250. The number of fused-ring (bicyclic) bond motifs is 1. The van der Waals surface area contributed by atoms with Crippen LogP contribution in [0.2, 0.25) is 0 Å². The van der Waals surface area contributed by atoms with Crippen LogP contribution in [0.1, 0.15) is 25.2 Å². The first-order valence-corrected chi connectivity index (χ1v) is 8.51. The van der Waals surface area contributed by atoms with Crippen molar-refractivity contribution in [2.24, 2.45) is 5.10 Å². The highest BCUT2D eigenvalue weighted by Gasteiger charge is 2.06. The molecule has 25 heavy (non-hydrogen) atoms. The van der Waals surface area contributed by atoms with Crippen LogP contribution >= 0.6 is 0 Å². The lowest BCUT2D eigenvalue weighted by atomic mass is 10.2. The summed E-state index contributed by atoms with van der Waals surface area (Å²) in [5.74, 6) is 0.569. The second kappa shape index (κ2) is 7.30. The summed E-state index contributed by atoms with van der Waals surface area (Å²) in [5, 5.41) is 4.92. The van der Waals surface area contributed by atoms with Gasteiger partial charge in [-0.3, -0.25) is 4.79 Å². The normalized spacial score (nSPS) is 11.3. The predicted octanol–water partition coefficient (Wildman–Crippen LogP) is 3.43. The first-order valence-electron chi connectivity index (χ1n) is 8.51.